The minimum atomic E-state index is -3.53. The summed E-state index contributed by atoms with van der Waals surface area (Å²) in [4.78, 5) is 0. The lowest BCUT2D eigenvalue weighted by Gasteiger charge is -2.22. The predicted octanol–water partition coefficient (Wildman–Crippen LogP) is 0.390. The van der Waals surface area contributed by atoms with Crippen LogP contribution in [-0.2, 0) is 16.6 Å². The number of aliphatic hydroxyl groups excluding tert-OH is 1. The van der Waals surface area contributed by atoms with Gasteiger partial charge in [0.2, 0.25) is 5.09 Å². The molecule has 1 aromatic heterocycles. The summed E-state index contributed by atoms with van der Waals surface area (Å²) in [5.74, 6) is 0.511. The number of sulfonamides is 1. The van der Waals surface area contributed by atoms with Gasteiger partial charge in [-0.05, 0) is 26.0 Å². The molecule has 0 fully saturated rings. The Morgan fingerprint density at radius 2 is 2.00 bits per heavy atom. The summed E-state index contributed by atoms with van der Waals surface area (Å²) in [6.07, 6.45) is 0. The van der Waals surface area contributed by atoms with E-state index in [2.05, 4.69) is 5.32 Å². The Morgan fingerprint density at radius 3 is 2.50 bits per heavy atom. The van der Waals surface area contributed by atoms with Crippen LogP contribution in [0.2, 0.25) is 0 Å². The van der Waals surface area contributed by atoms with E-state index in [1.165, 1.54) is 20.2 Å². The third-order valence-electron chi connectivity index (χ3n) is 2.51. The van der Waals surface area contributed by atoms with Crippen LogP contribution in [-0.4, -0.2) is 44.1 Å². The van der Waals surface area contributed by atoms with E-state index in [0.717, 1.165) is 4.31 Å². The molecule has 0 aliphatic heterocycles. The normalized spacial score (nSPS) is 13.2. The van der Waals surface area contributed by atoms with Crippen molar-refractivity contribution in [3.05, 3.63) is 17.9 Å². The first-order chi connectivity index (χ1) is 8.19. The van der Waals surface area contributed by atoms with E-state index in [9.17, 15) is 8.42 Å². The number of aliphatic hydroxyl groups is 1. The first kappa shape index (κ1) is 15.2. The third kappa shape index (κ3) is 3.55. The number of hydrogen-bond acceptors (Lipinski definition) is 5. The molecule has 1 heterocycles. The summed E-state index contributed by atoms with van der Waals surface area (Å²) < 4.78 is 29.9. The van der Waals surface area contributed by atoms with E-state index in [-0.39, 0.29) is 11.7 Å². The zero-order valence-corrected chi connectivity index (χ0v) is 11.9. The van der Waals surface area contributed by atoms with Crippen LogP contribution in [0.1, 0.15) is 19.6 Å². The lowest BCUT2D eigenvalue weighted by molar-refractivity contribution is 0.183. The molecule has 1 aromatic rings. The van der Waals surface area contributed by atoms with Crippen LogP contribution < -0.4 is 5.32 Å². The summed E-state index contributed by atoms with van der Waals surface area (Å²) in [5.41, 5.74) is -0.437. The van der Waals surface area contributed by atoms with Crippen LogP contribution in [0.3, 0.4) is 0 Å². The van der Waals surface area contributed by atoms with E-state index in [4.69, 9.17) is 9.52 Å². The lowest BCUT2D eigenvalue weighted by atomic mass is 10.1. The quantitative estimate of drug-likeness (QED) is 0.785. The van der Waals surface area contributed by atoms with Gasteiger partial charge in [-0.2, -0.15) is 0 Å². The minimum Gasteiger partial charge on any atom is -0.447 e. The molecule has 0 aliphatic carbocycles. The van der Waals surface area contributed by atoms with Crippen LogP contribution >= 0.6 is 0 Å². The number of nitrogens with one attached hydrogen (secondary N) is 1. The topological polar surface area (TPSA) is 82.8 Å². The second-order valence-corrected chi connectivity index (χ2v) is 6.99. The largest absolute Gasteiger partial charge is 0.447 e. The smallest absolute Gasteiger partial charge is 0.275 e. The molecule has 0 unspecified atom stereocenters. The predicted molar refractivity (Wildman–Crippen MR) is 67.6 cm³/mol. The Kier molecular flexibility index (Phi) is 4.55. The van der Waals surface area contributed by atoms with Crippen molar-refractivity contribution >= 4 is 10.0 Å². The van der Waals surface area contributed by atoms with Gasteiger partial charge in [-0.15, -0.1) is 0 Å². The second-order valence-electron chi connectivity index (χ2n) is 4.90. The maximum absolute atomic E-state index is 11.8. The fraction of sp³-hybridized carbons (Fsp3) is 0.636. The van der Waals surface area contributed by atoms with Gasteiger partial charge in [-0.3, -0.25) is 0 Å². The third-order valence-corrected chi connectivity index (χ3v) is 4.20. The fourth-order valence-electron chi connectivity index (χ4n) is 1.15. The number of furan rings is 1. The van der Waals surface area contributed by atoms with Crippen molar-refractivity contribution in [2.24, 2.45) is 0 Å². The highest BCUT2D eigenvalue weighted by atomic mass is 32.2. The van der Waals surface area contributed by atoms with Crippen LogP contribution in [0, 0.1) is 0 Å². The summed E-state index contributed by atoms with van der Waals surface area (Å²) in [6.45, 7) is 4.02. The SMILES string of the molecule is CN(C)S(=O)(=O)c1ccc(CNC(C)(C)CO)o1. The van der Waals surface area contributed by atoms with Crippen molar-refractivity contribution in [2.75, 3.05) is 20.7 Å². The summed E-state index contributed by atoms with van der Waals surface area (Å²) in [6, 6.07) is 3.04. The Hall–Kier alpha value is -0.890. The van der Waals surface area contributed by atoms with E-state index in [1.54, 1.807) is 6.07 Å². The van der Waals surface area contributed by atoms with Crippen molar-refractivity contribution in [1.29, 1.82) is 0 Å². The zero-order chi connectivity index (χ0) is 14.0. The molecule has 104 valence electrons. The highest BCUT2D eigenvalue weighted by molar-refractivity contribution is 7.88. The molecule has 0 aromatic carbocycles. The molecular formula is C11H20N2O4S. The summed E-state index contributed by atoms with van der Waals surface area (Å²) in [5, 5.41) is 12.1. The number of nitrogens with zero attached hydrogens (tertiary/aromatic N) is 1. The standard InChI is InChI=1S/C11H20N2O4S/c1-11(2,8-14)12-7-9-5-6-10(17-9)18(15,16)13(3)4/h5-6,12,14H,7-8H2,1-4H3. The van der Waals surface area contributed by atoms with Gasteiger partial charge in [0.15, 0.2) is 0 Å². The van der Waals surface area contributed by atoms with Crippen molar-refractivity contribution in [3.63, 3.8) is 0 Å². The molecule has 0 saturated carbocycles. The molecule has 1 rings (SSSR count). The van der Waals surface area contributed by atoms with Gasteiger partial charge in [0.05, 0.1) is 13.2 Å². The Bertz CT molecular complexity index is 491. The van der Waals surface area contributed by atoms with Crippen LogP contribution in [0.15, 0.2) is 21.6 Å². The van der Waals surface area contributed by atoms with Crippen molar-refractivity contribution < 1.29 is 17.9 Å². The van der Waals surface area contributed by atoms with E-state index in [0.29, 0.717) is 12.3 Å². The fourth-order valence-corrected chi connectivity index (χ4v) is 1.97. The van der Waals surface area contributed by atoms with Gasteiger partial charge in [0, 0.05) is 19.6 Å². The molecule has 0 saturated heterocycles. The summed E-state index contributed by atoms with van der Waals surface area (Å²) >= 11 is 0. The molecule has 7 heteroatoms. The number of rotatable bonds is 6. The van der Waals surface area contributed by atoms with Gasteiger partial charge in [0.1, 0.15) is 5.76 Å². The molecule has 0 radical (unpaired) electrons. The van der Waals surface area contributed by atoms with Crippen molar-refractivity contribution in [3.8, 4) is 0 Å². The van der Waals surface area contributed by atoms with Crippen LogP contribution in [0.5, 0.6) is 0 Å². The van der Waals surface area contributed by atoms with Crippen molar-refractivity contribution in [1.82, 2.24) is 9.62 Å². The van der Waals surface area contributed by atoms with Gasteiger partial charge < -0.3 is 14.8 Å². The molecule has 6 nitrogen and oxygen atoms in total. The van der Waals surface area contributed by atoms with E-state index < -0.39 is 15.6 Å². The Balaban J connectivity index is 2.77. The van der Waals surface area contributed by atoms with Crippen molar-refractivity contribution in [2.45, 2.75) is 31.0 Å². The summed E-state index contributed by atoms with van der Waals surface area (Å²) in [7, 11) is -0.628. The molecular weight excluding hydrogens is 256 g/mol. The maximum Gasteiger partial charge on any atom is 0.275 e. The molecule has 0 aliphatic rings. The molecule has 0 bridgehead atoms. The molecule has 2 N–H and O–H groups in total. The van der Waals surface area contributed by atoms with Gasteiger partial charge in [-0.1, -0.05) is 0 Å². The zero-order valence-electron chi connectivity index (χ0n) is 11.1. The highest BCUT2D eigenvalue weighted by Crippen LogP contribution is 2.17. The molecule has 18 heavy (non-hydrogen) atoms. The first-order valence-corrected chi connectivity index (χ1v) is 7.00. The minimum absolute atomic E-state index is 0.0173. The highest BCUT2D eigenvalue weighted by Gasteiger charge is 2.22. The lowest BCUT2D eigenvalue weighted by Crippen LogP contribution is -2.41. The average molecular weight is 276 g/mol. The van der Waals surface area contributed by atoms with Crippen LogP contribution in [0.4, 0.5) is 0 Å². The average Bonchev–Trinajstić information content (AvgIpc) is 2.75. The van der Waals surface area contributed by atoms with Crippen LogP contribution in [0.25, 0.3) is 0 Å². The second kappa shape index (κ2) is 5.40. The van der Waals surface area contributed by atoms with Gasteiger partial charge in [-0.25, -0.2) is 12.7 Å². The van der Waals surface area contributed by atoms with Gasteiger partial charge >= 0.3 is 0 Å². The Morgan fingerprint density at radius 1 is 1.39 bits per heavy atom. The van der Waals surface area contributed by atoms with E-state index in [1.807, 2.05) is 13.8 Å². The molecule has 0 spiro atoms. The number of hydrogen-bond donors (Lipinski definition) is 2. The first-order valence-electron chi connectivity index (χ1n) is 5.56. The van der Waals surface area contributed by atoms with Gasteiger partial charge in [0.25, 0.3) is 10.0 Å². The Labute approximate surface area is 108 Å². The van der Waals surface area contributed by atoms with E-state index >= 15 is 0 Å². The molecule has 0 amide bonds. The molecule has 0 atom stereocenters. The maximum atomic E-state index is 11.8. The monoisotopic (exact) mass is 276 g/mol.